The summed E-state index contributed by atoms with van der Waals surface area (Å²) in [5.41, 5.74) is 4.44. The van der Waals surface area contributed by atoms with Crippen molar-refractivity contribution in [3.8, 4) is 0 Å². The molecule has 2 amide bonds. The fraction of sp³-hybridized carbons (Fsp3) is 0.240. The maximum Gasteiger partial charge on any atom is 0.275 e. The molecule has 0 saturated heterocycles. The van der Waals surface area contributed by atoms with Crippen molar-refractivity contribution in [1.82, 2.24) is 19.7 Å². The number of nitrogens with zero attached hydrogens (tertiary/aromatic N) is 4. The van der Waals surface area contributed by atoms with Gasteiger partial charge < -0.3 is 24.1 Å². The van der Waals surface area contributed by atoms with Crippen LogP contribution in [0.15, 0.2) is 48.7 Å². The van der Waals surface area contributed by atoms with Crippen molar-refractivity contribution < 1.29 is 18.4 Å². The molecule has 0 saturated carbocycles. The molecular weight excluding hydrogens is 516 g/mol. The summed E-state index contributed by atoms with van der Waals surface area (Å²) in [6.07, 6.45) is 2.61. The van der Waals surface area contributed by atoms with E-state index in [0.29, 0.717) is 53.5 Å². The topological polar surface area (TPSA) is 126 Å². The smallest absolute Gasteiger partial charge is 0.275 e. The minimum absolute atomic E-state index is 0.260. The van der Waals surface area contributed by atoms with Crippen LogP contribution >= 0.6 is 11.6 Å². The molecule has 10 nitrogen and oxygen atoms in total. The molecule has 2 aromatic heterocycles. The number of anilines is 2. The van der Waals surface area contributed by atoms with Crippen LogP contribution in [0.1, 0.15) is 27.2 Å². The van der Waals surface area contributed by atoms with Crippen molar-refractivity contribution in [2.24, 2.45) is 0 Å². The number of aromatic amines is 1. The van der Waals surface area contributed by atoms with E-state index >= 15 is 0 Å². The molecule has 1 unspecified atom stereocenters. The molecular formula is C25H22ClN6O4S-. The number of carbonyl (C=O) groups is 2. The van der Waals surface area contributed by atoms with Gasteiger partial charge in [-0.3, -0.25) is 13.8 Å². The molecule has 0 bridgehead atoms. The molecule has 2 aliphatic rings. The van der Waals surface area contributed by atoms with Gasteiger partial charge in [0, 0.05) is 59.6 Å². The van der Waals surface area contributed by atoms with Crippen LogP contribution in [0.5, 0.6) is 0 Å². The number of benzene rings is 2. The predicted molar refractivity (Wildman–Crippen MR) is 139 cm³/mol. The van der Waals surface area contributed by atoms with Gasteiger partial charge in [-0.2, -0.15) is 5.10 Å². The van der Waals surface area contributed by atoms with Crippen LogP contribution in [0.4, 0.5) is 11.4 Å². The Morgan fingerprint density at radius 3 is 2.78 bits per heavy atom. The van der Waals surface area contributed by atoms with Crippen LogP contribution in [0.3, 0.4) is 0 Å². The number of H-pyrrole nitrogens is 1. The molecule has 190 valence electrons. The number of aromatic nitrogens is 3. The van der Waals surface area contributed by atoms with Crippen molar-refractivity contribution in [2.45, 2.75) is 25.4 Å². The van der Waals surface area contributed by atoms with E-state index < -0.39 is 17.3 Å². The van der Waals surface area contributed by atoms with Gasteiger partial charge in [0.1, 0.15) is 11.2 Å². The van der Waals surface area contributed by atoms with Crippen LogP contribution in [-0.4, -0.2) is 59.9 Å². The molecule has 2 aromatic carbocycles. The van der Waals surface area contributed by atoms with E-state index in [0.717, 1.165) is 16.5 Å². The van der Waals surface area contributed by atoms with E-state index in [1.54, 1.807) is 35.0 Å². The Morgan fingerprint density at radius 2 is 2.03 bits per heavy atom. The number of halogens is 1. The lowest BCUT2D eigenvalue weighted by molar-refractivity contribution is -0.122. The molecule has 0 fully saturated rings. The van der Waals surface area contributed by atoms with Gasteiger partial charge in [-0.1, -0.05) is 41.9 Å². The van der Waals surface area contributed by atoms with Crippen LogP contribution in [0.25, 0.3) is 10.9 Å². The van der Waals surface area contributed by atoms with Crippen molar-refractivity contribution in [1.29, 1.82) is 0 Å². The number of likely N-dealkylation sites (N-methyl/N-ethyl adjacent to an activating group) is 1. The number of carbonyl (C=O) groups excluding carboxylic acids is 2. The summed E-state index contributed by atoms with van der Waals surface area (Å²) in [4.78, 5) is 33.6. The highest BCUT2D eigenvalue weighted by Crippen LogP contribution is 2.38. The average Bonchev–Trinajstić information content (AvgIpc) is 3.40. The van der Waals surface area contributed by atoms with Crippen LogP contribution in [0, 0.1) is 0 Å². The Labute approximate surface area is 219 Å². The summed E-state index contributed by atoms with van der Waals surface area (Å²) in [5, 5.41) is 5.80. The molecule has 2 aliphatic heterocycles. The highest BCUT2D eigenvalue weighted by atomic mass is 35.5. The highest BCUT2D eigenvalue weighted by molar-refractivity contribution is 7.80. The maximum absolute atomic E-state index is 13.7. The standard InChI is InChI=1S/C25H23ClN6O4S/c1-30-19-11-16(29-37(35)36)10-18-21(19)15(12-27-18)9-20(24(30)33)31-8-7-17-22(25(31)34)28-32(23(17)26)13-14-5-3-2-4-6-14/h2-6,10-12,20,27,29H,7-9,13H2,1H3,(H,35,36)/p-1/t20-/m0/s1. The first-order valence-electron chi connectivity index (χ1n) is 11.7. The van der Waals surface area contributed by atoms with E-state index in [4.69, 9.17) is 11.6 Å². The van der Waals surface area contributed by atoms with Gasteiger partial charge in [-0.25, -0.2) is 4.68 Å². The average molecular weight is 538 g/mol. The molecule has 37 heavy (non-hydrogen) atoms. The summed E-state index contributed by atoms with van der Waals surface area (Å²) in [7, 11) is 1.63. The van der Waals surface area contributed by atoms with E-state index in [1.807, 2.05) is 30.3 Å². The molecule has 0 aliphatic carbocycles. The third kappa shape index (κ3) is 3.99. The minimum Gasteiger partial charge on any atom is -0.755 e. The van der Waals surface area contributed by atoms with Crippen LogP contribution < -0.4 is 9.62 Å². The summed E-state index contributed by atoms with van der Waals surface area (Å²) in [5.74, 6) is -0.590. The SMILES string of the molecule is CN1C(=O)[C@@H](N2CCc3c(nn(Cc4ccccc4)c3Cl)C2=O)Cc2c[nH]c3cc(NS(=O)[O-])cc1c23. The van der Waals surface area contributed by atoms with Crippen LogP contribution in [0.2, 0.25) is 5.15 Å². The van der Waals surface area contributed by atoms with Gasteiger partial charge in [0.25, 0.3) is 5.91 Å². The minimum atomic E-state index is -2.51. The molecule has 0 radical (unpaired) electrons. The Hall–Kier alpha value is -3.67. The number of rotatable bonds is 5. The van der Waals surface area contributed by atoms with Gasteiger partial charge >= 0.3 is 0 Å². The van der Waals surface area contributed by atoms with Crippen molar-refractivity contribution >= 4 is 57.0 Å². The summed E-state index contributed by atoms with van der Waals surface area (Å²) < 4.78 is 26.4. The van der Waals surface area contributed by atoms with E-state index in [9.17, 15) is 18.4 Å². The summed E-state index contributed by atoms with van der Waals surface area (Å²) >= 11 is 4.11. The maximum atomic E-state index is 13.7. The number of hydrogen-bond acceptors (Lipinski definition) is 5. The Balaban J connectivity index is 1.33. The summed E-state index contributed by atoms with van der Waals surface area (Å²) in [6, 6.07) is 12.3. The molecule has 0 spiro atoms. The first kappa shape index (κ1) is 23.7. The fourth-order valence-corrected chi connectivity index (χ4v) is 5.87. The highest BCUT2D eigenvalue weighted by Gasteiger charge is 2.40. The lowest BCUT2D eigenvalue weighted by Gasteiger charge is -2.34. The number of nitrogens with one attached hydrogen (secondary N) is 2. The Bertz CT molecular complexity index is 1580. The molecule has 4 aromatic rings. The van der Waals surface area contributed by atoms with Crippen molar-refractivity contribution in [3.05, 3.63) is 76.2 Å². The van der Waals surface area contributed by atoms with Gasteiger partial charge in [0.15, 0.2) is 5.69 Å². The van der Waals surface area contributed by atoms with Crippen LogP contribution in [-0.2, 0) is 35.4 Å². The number of fused-ring (bicyclic) bond motifs is 1. The van der Waals surface area contributed by atoms with E-state index in [1.165, 1.54) is 4.90 Å². The summed E-state index contributed by atoms with van der Waals surface area (Å²) in [6.45, 7) is 0.769. The second-order valence-corrected chi connectivity index (χ2v) is 10.2. The monoisotopic (exact) mass is 537 g/mol. The zero-order chi connectivity index (χ0) is 25.8. The van der Waals surface area contributed by atoms with Gasteiger partial charge in [0.05, 0.1) is 12.2 Å². The van der Waals surface area contributed by atoms with Crippen molar-refractivity contribution in [2.75, 3.05) is 23.2 Å². The third-order valence-corrected chi connectivity index (χ3v) is 7.86. The zero-order valence-corrected chi connectivity index (χ0v) is 21.3. The molecule has 2 atom stereocenters. The third-order valence-electron chi connectivity index (χ3n) is 7.03. The first-order chi connectivity index (χ1) is 17.8. The second kappa shape index (κ2) is 9.02. The number of amides is 2. The fourth-order valence-electron chi connectivity index (χ4n) is 5.28. The molecule has 6 rings (SSSR count). The molecule has 12 heteroatoms. The number of hydrogen-bond donors (Lipinski definition) is 2. The zero-order valence-electron chi connectivity index (χ0n) is 19.7. The Kier molecular flexibility index (Phi) is 5.78. The predicted octanol–water partition coefficient (Wildman–Crippen LogP) is 2.86. The quantitative estimate of drug-likeness (QED) is 0.379. The lowest BCUT2D eigenvalue weighted by atomic mass is 10.00. The Morgan fingerprint density at radius 1 is 1.24 bits per heavy atom. The van der Waals surface area contributed by atoms with E-state index in [-0.39, 0.29) is 17.5 Å². The second-order valence-electron chi connectivity index (χ2n) is 9.20. The van der Waals surface area contributed by atoms with Gasteiger partial charge in [-0.05, 0) is 29.7 Å². The van der Waals surface area contributed by atoms with Crippen molar-refractivity contribution in [3.63, 3.8) is 0 Å². The van der Waals surface area contributed by atoms with Gasteiger partial charge in [0.2, 0.25) is 5.91 Å². The first-order valence-corrected chi connectivity index (χ1v) is 13.1. The molecule has 2 N–H and O–H groups in total. The van der Waals surface area contributed by atoms with E-state index in [2.05, 4.69) is 14.8 Å². The molecule has 4 heterocycles. The largest absolute Gasteiger partial charge is 0.755 e. The van der Waals surface area contributed by atoms with Gasteiger partial charge in [-0.15, -0.1) is 0 Å². The lowest BCUT2D eigenvalue weighted by Crippen LogP contribution is -2.53. The normalized spacial score (nSPS) is 18.2.